The van der Waals surface area contributed by atoms with Crippen LogP contribution in [0.4, 0.5) is 13.2 Å². The Hall–Kier alpha value is -0.820. The van der Waals surface area contributed by atoms with Crippen LogP contribution in [-0.4, -0.2) is 55.4 Å². The molecule has 3 unspecified atom stereocenters. The van der Waals surface area contributed by atoms with E-state index in [2.05, 4.69) is 0 Å². The summed E-state index contributed by atoms with van der Waals surface area (Å²) in [4.78, 5) is 13.5. The molecule has 0 spiro atoms. The van der Waals surface area contributed by atoms with Crippen molar-refractivity contribution in [3.63, 3.8) is 0 Å². The maximum absolute atomic E-state index is 12.8. The molecule has 2 aliphatic heterocycles. The third-order valence-electron chi connectivity index (χ3n) is 3.91. The van der Waals surface area contributed by atoms with E-state index in [-0.39, 0.29) is 24.9 Å². The molecule has 4 nitrogen and oxygen atoms in total. The Morgan fingerprint density at radius 3 is 2.84 bits per heavy atom. The van der Waals surface area contributed by atoms with Gasteiger partial charge in [0.2, 0.25) is 5.91 Å². The molecule has 0 radical (unpaired) electrons. The number of halogens is 3. The Kier molecular flexibility index (Phi) is 4.35. The molecule has 2 heterocycles. The predicted molar refractivity (Wildman–Crippen MR) is 62.6 cm³/mol. The Morgan fingerprint density at radius 2 is 2.21 bits per heavy atom. The monoisotopic (exact) mass is 280 g/mol. The molecule has 0 bridgehead atoms. The van der Waals surface area contributed by atoms with Crippen LogP contribution in [0.2, 0.25) is 0 Å². The van der Waals surface area contributed by atoms with Gasteiger partial charge in [0.1, 0.15) is 6.04 Å². The molecule has 1 N–H and O–H groups in total. The van der Waals surface area contributed by atoms with Crippen molar-refractivity contribution in [2.75, 3.05) is 20.3 Å². The van der Waals surface area contributed by atoms with Gasteiger partial charge in [-0.15, -0.1) is 0 Å². The predicted octanol–water partition coefficient (Wildman–Crippen LogP) is 1.31. The number of carbonyl (C=O) groups is 1. The Labute approximate surface area is 110 Å². The maximum atomic E-state index is 12.8. The number of carbonyl (C=O) groups excluding carboxylic acids is 1. The van der Waals surface area contributed by atoms with Crippen molar-refractivity contribution >= 4 is 5.91 Å². The van der Waals surface area contributed by atoms with Gasteiger partial charge in [-0.05, 0) is 25.8 Å². The lowest BCUT2D eigenvalue weighted by Gasteiger charge is -2.38. The number of nitrogens with zero attached hydrogens (tertiary/aromatic N) is 1. The van der Waals surface area contributed by atoms with Gasteiger partial charge in [0.15, 0.2) is 0 Å². The number of likely N-dealkylation sites (tertiary alicyclic amines) is 1. The van der Waals surface area contributed by atoms with Crippen molar-refractivity contribution in [2.45, 2.75) is 50.0 Å². The average Bonchev–Trinajstić information content (AvgIpc) is 2.76. The lowest BCUT2D eigenvalue weighted by molar-refractivity contribution is -0.171. The molecule has 7 heteroatoms. The number of rotatable bonds is 3. The lowest BCUT2D eigenvalue weighted by atomic mass is 9.96. The van der Waals surface area contributed by atoms with E-state index in [4.69, 9.17) is 4.74 Å². The van der Waals surface area contributed by atoms with Crippen LogP contribution < -0.4 is 5.32 Å². The smallest absolute Gasteiger partial charge is 0.383 e. The molecular weight excluding hydrogens is 261 g/mol. The summed E-state index contributed by atoms with van der Waals surface area (Å²) in [5.74, 6) is -0.512. The van der Waals surface area contributed by atoms with Gasteiger partial charge in [-0.1, -0.05) is 0 Å². The van der Waals surface area contributed by atoms with Crippen LogP contribution >= 0.6 is 0 Å². The molecule has 0 aromatic rings. The first-order valence-electron chi connectivity index (χ1n) is 6.52. The molecule has 2 fully saturated rings. The number of methoxy groups -OCH3 is 1. The highest BCUT2D eigenvalue weighted by Gasteiger charge is 2.46. The third kappa shape index (κ3) is 3.39. The molecule has 0 aromatic heterocycles. The van der Waals surface area contributed by atoms with E-state index >= 15 is 0 Å². The summed E-state index contributed by atoms with van der Waals surface area (Å²) >= 11 is 0. The van der Waals surface area contributed by atoms with Gasteiger partial charge < -0.3 is 10.1 Å². The van der Waals surface area contributed by atoms with Crippen molar-refractivity contribution in [1.29, 1.82) is 0 Å². The summed E-state index contributed by atoms with van der Waals surface area (Å²) < 4.78 is 43.4. The summed E-state index contributed by atoms with van der Waals surface area (Å²) in [6.07, 6.45) is -2.42. The van der Waals surface area contributed by atoms with Crippen molar-refractivity contribution in [3.8, 4) is 0 Å². The van der Waals surface area contributed by atoms with E-state index in [1.54, 1.807) is 7.11 Å². The zero-order chi connectivity index (χ0) is 14.0. The maximum Gasteiger partial charge on any atom is 0.408 e. The molecule has 3 atom stereocenters. The SMILES string of the molecule is COCC1CCCN1C1CC(=O)NC(C(F)(F)F)C1. The molecule has 0 aromatic carbocycles. The molecule has 2 rings (SSSR count). The normalized spacial score (nSPS) is 33.5. The summed E-state index contributed by atoms with van der Waals surface area (Å²) in [6.45, 7) is 1.26. The topological polar surface area (TPSA) is 41.6 Å². The lowest BCUT2D eigenvalue weighted by Crippen LogP contribution is -2.56. The fraction of sp³-hybridized carbons (Fsp3) is 0.917. The van der Waals surface area contributed by atoms with Gasteiger partial charge in [-0.2, -0.15) is 13.2 Å². The fourth-order valence-electron chi connectivity index (χ4n) is 3.06. The molecular formula is C12H19F3N2O2. The van der Waals surface area contributed by atoms with Crippen LogP contribution in [0, 0.1) is 0 Å². The molecule has 2 aliphatic rings. The first kappa shape index (κ1) is 14.6. The van der Waals surface area contributed by atoms with Crippen molar-refractivity contribution in [1.82, 2.24) is 10.2 Å². The molecule has 19 heavy (non-hydrogen) atoms. The second-order valence-electron chi connectivity index (χ2n) is 5.24. The molecule has 1 amide bonds. The summed E-state index contributed by atoms with van der Waals surface area (Å²) in [5, 5.41) is 2.03. The van der Waals surface area contributed by atoms with Crippen molar-refractivity contribution in [3.05, 3.63) is 0 Å². The molecule has 0 aliphatic carbocycles. The van der Waals surface area contributed by atoms with Crippen molar-refractivity contribution in [2.24, 2.45) is 0 Å². The number of piperidine rings is 1. The third-order valence-corrected chi connectivity index (χ3v) is 3.91. The van der Waals surface area contributed by atoms with Gasteiger partial charge in [0.05, 0.1) is 6.61 Å². The zero-order valence-corrected chi connectivity index (χ0v) is 10.9. The van der Waals surface area contributed by atoms with E-state index in [9.17, 15) is 18.0 Å². The highest BCUT2D eigenvalue weighted by Crippen LogP contribution is 2.31. The van der Waals surface area contributed by atoms with Gasteiger partial charge in [-0.3, -0.25) is 9.69 Å². The minimum absolute atomic E-state index is 0.0601. The van der Waals surface area contributed by atoms with Crippen LogP contribution in [-0.2, 0) is 9.53 Å². The summed E-state index contributed by atoms with van der Waals surface area (Å²) in [5.41, 5.74) is 0. The summed E-state index contributed by atoms with van der Waals surface area (Å²) in [7, 11) is 1.59. The van der Waals surface area contributed by atoms with Crippen LogP contribution in [0.15, 0.2) is 0 Å². The molecule has 2 saturated heterocycles. The zero-order valence-electron chi connectivity index (χ0n) is 10.9. The molecule has 0 saturated carbocycles. The first-order valence-corrected chi connectivity index (χ1v) is 6.52. The van der Waals surface area contributed by atoms with Crippen LogP contribution in [0.5, 0.6) is 0 Å². The standard InChI is InChI=1S/C12H19F3N2O2/c1-19-7-8-3-2-4-17(8)9-5-10(12(13,14)15)16-11(18)6-9/h8-10H,2-7H2,1H3,(H,16,18). The van der Waals surface area contributed by atoms with E-state index in [1.807, 2.05) is 10.2 Å². The van der Waals surface area contributed by atoms with Gasteiger partial charge >= 0.3 is 6.18 Å². The van der Waals surface area contributed by atoms with E-state index < -0.39 is 18.1 Å². The number of hydrogen-bond donors (Lipinski definition) is 1. The molecule has 110 valence electrons. The van der Waals surface area contributed by atoms with Crippen molar-refractivity contribution < 1.29 is 22.7 Å². The number of hydrogen-bond acceptors (Lipinski definition) is 3. The van der Waals surface area contributed by atoms with E-state index in [0.717, 1.165) is 19.4 Å². The minimum Gasteiger partial charge on any atom is -0.383 e. The quantitative estimate of drug-likeness (QED) is 0.847. The largest absolute Gasteiger partial charge is 0.408 e. The first-order chi connectivity index (χ1) is 8.91. The van der Waals surface area contributed by atoms with Gasteiger partial charge in [-0.25, -0.2) is 0 Å². The average molecular weight is 280 g/mol. The fourth-order valence-corrected chi connectivity index (χ4v) is 3.06. The summed E-state index contributed by atoms with van der Waals surface area (Å²) in [6, 6.07) is -1.92. The van der Waals surface area contributed by atoms with Crippen LogP contribution in [0.1, 0.15) is 25.7 Å². The number of alkyl halides is 3. The number of ether oxygens (including phenoxy) is 1. The Balaban J connectivity index is 2.04. The highest BCUT2D eigenvalue weighted by atomic mass is 19.4. The second-order valence-corrected chi connectivity index (χ2v) is 5.24. The van der Waals surface area contributed by atoms with Crippen LogP contribution in [0.3, 0.4) is 0 Å². The number of nitrogens with one attached hydrogen (secondary N) is 1. The van der Waals surface area contributed by atoms with Gasteiger partial charge in [0.25, 0.3) is 0 Å². The second kappa shape index (κ2) is 5.66. The van der Waals surface area contributed by atoms with Gasteiger partial charge in [0, 0.05) is 25.6 Å². The van der Waals surface area contributed by atoms with E-state index in [0.29, 0.717) is 6.61 Å². The Bertz CT molecular complexity index is 335. The van der Waals surface area contributed by atoms with E-state index in [1.165, 1.54) is 0 Å². The number of amides is 1. The minimum atomic E-state index is -4.37. The highest BCUT2D eigenvalue weighted by molar-refractivity contribution is 5.78. The van der Waals surface area contributed by atoms with Crippen LogP contribution in [0.25, 0.3) is 0 Å². The Morgan fingerprint density at radius 1 is 1.47 bits per heavy atom.